The van der Waals surface area contributed by atoms with Crippen molar-refractivity contribution in [2.45, 2.75) is 0 Å². The molecule has 0 amide bonds. The predicted octanol–water partition coefficient (Wildman–Crippen LogP) is 0.523. The predicted molar refractivity (Wildman–Crippen MR) is 36.3 cm³/mol. The van der Waals surface area contributed by atoms with Crippen LogP contribution in [0.1, 0.15) is 0 Å². The van der Waals surface area contributed by atoms with Crippen molar-refractivity contribution in [3.63, 3.8) is 0 Å². The summed E-state index contributed by atoms with van der Waals surface area (Å²) >= 11 is 0. The van der Waals surface area contributed by atoms with E-state index in [1.54, 1.807) is 0 Å². The average Bonchev–Trinajstić information content (AvgIpc) is 1.41. The van der Waals surface area contributed by atoms with E-state index in [0.717, 1.165) is 0 Å². The second-order valence-corrected chi connectivity index (χ2v) is 1.48. The summed E-state index contributed by atoms with van der Waals surface area (Å²) in [7, 11) is -18.0. The van der Waals surface area contributed by atoms with Crippen molar-refractivity contribution < 1.29 is 70.6 Å². The van der Waals surface area contributed by atoms with E-state index in [0.29, 0.717) is 0 Å². The minimum atomic E-state index is -6.00. The quantitative estimate of drug-likeness (QED) is 0.452. The van der Waals surface area contributed by atoms with Gasteiger partial charge in [0.25, 0.3) is 0 Å². The van der Waals surface area contributed by atoms with E-state index in [2.05, 4.69) is 0 Å². The molecule has 0 radical (unpaired) electrons. The van der Waals surface area contributed by atoms with Crippen molar-refractivity contribution in [1.82, 2.24) is 0 Å². The van der Waals surface area contributed by atoms with Gasteiger partial charge in [0.15, 0.2) is 0 Å². The molecular formula is B3CaF12Li. The number of hydrogen-bond acceptors (Lipinski definition) is 0. The van der Waals surface area contributed by atoms with Gasteiger partial charge in [0.05, 0.1) is 0 Å². The zero-order valence-electron chi connectivity index (χ0n) is 7.97. The first-order valence-electron chi connectivity index (χ1n) is 2.62. The second-order valence-electron chi connectivity index (χ2n) is 1.48. The Balaban J connectivity index is -0.0000000400. The van der Waals surface area contributed by atoms with Crippen molar-refractivity contribution in [3.05, 3.63) is 0 Å². The van der Waals surface area contributed by atoms with Crippen LogP contribution in [-0.2, 0) is 0 Å². The zero-order valence-corrected chi connectivity index (χ0v) is 10.2. The van der Waals surface area contributed by atoms with Crippen molar-refractivity contribution in [3.8, 4) is 0 Å². The third kappa shape index (κ3) is 2710. The summed E-state index contributed by atoms with van der Waals surface area (Å²) in [5, 5.41) is 0. The van der Waals surface area contributed by atoms with E-state index in [-0.39, 0.29) is 56.6 Å². The molecule has 0 aliphatic carbocycles. The molecule has 0 aliphatic heterocycles. The summed E-state index contributed by atoms with van der Waals surface area (Å²) in [6.45, 7) is 0. The zero-order chi connectivity index (χ0) is 13.5. The first-order valence-corrected chi connectivity index (χ1v) is 2.62. The molecule has 0 rings (SSSR count). The maximum atomic E-state index is 9.75. The number of rotatable bonds is 0. The van der Waals surface area contributed by atoms with Gasteiger partial charge >= 0.3 is 78.4 Å². The van der Waals surface area contributed by atoms with Gasteiger partial charge in [0.2, 0.25) is 0 Å². The Bertz CT molecular complexity index is 96.8. The van der Waals surface area contributed by atoms with Crippen molar-refractivity contribution in [1.29, 1.82) is 0 Å². The average molecular weight is 307 g/mol. The van der Waals surface area contributed by atoms with E-state index in [1.807, 2.05) is 0 Å². The standard InChI is InChI=1S/3BF4.Ca.Li/c3*2-1(3,4)5;;/q3*-1;+2;+1. The normalized spacial score (nSPS) is 10.6. The van der Waals surface area contributed by atoms with E-state index >= 15 is 0 Å². The topological polar surface area (TPSA) is 0 Å². The molecule has 0 N–H and O–H groups in total. The van der Waals surface area contributed by atoms with Crippen LogP contribution in [0.2, 0.25) is 0 Å². The van der Waals surface area contributed by atoms with Crippen LogP contribution in [0.4, 0.5) is 51.8 Å². The molecule has 0 nitrogen and oxygen atoms in total. The monoisotopic (exact) mass is 308 g/mol. The molecule has 0 fully saturated rings. The van der Waals surface area contributed by atoms with Gasteiger partial charge in [0.1, 0.15) is 0 Å². The molecule has 17 heavy (non-hydrogen) atoms. The Morgan fingerprint density at radius 2 is 0.353 bits per heavy atom. The van der Waals surface area contributed by atoms with E-state index in [9.17, 15) is 51.8 Å². The number of halogens is 12. The fourth-order valence-corrected chi connectivity index (χ4v) is 0. The fourth-order valence-electron chi connectivity index (χ4n) is 0. The Morgan fingerprint density at radius 3 is 0.353 bits per heavy atom. The summed E-state index contributed by atoms with van der Waals surface area (Å²) in [5.41, 5.74) is 0. The van der Waals surface area contributed by atoms with Crippen molar-refractivity contribution >= 4 is 59.5 Å². The summed E-state index contributed by atoms with van der Waals surface area (Å²) in [6.07, 6.45) is 0. The molecule has 0 unspecified atom stereocenters. The summed E-state index contributed by atoms with van der Waals surface area (Å²) < 4.78 is 117. The molecule has 0 atom stereocenters. The molecule has 0 bridgehead atoms. The van der Waals surface area contributed by atoms with Gasteiger partial charge in [-0.15, -0.1) is 0 Å². The number of hydrogen-bond donors (Lipinski definition) is 0. The van der Waals surface area contributed by atoms with Gasteiger partial charge < -0.3 is 51.8 Å². The van der Waals surface area contributed by atoms with E-state index < -0.39 is 21.8 Å². The minimum Gasteiger partial charge on any atom is -0.418 e. The van der Waals surface area contributed by atoms with Gasteiger partial charge in [-0.2, -0.15) is 0 Å². The van der Waals surface area contributed by atoms with Gasteiger partial charge in [-0.05, 0) is 0 Å². The molecule has 0 saturated heterocycles. The van der Waals surface area contributed by atoms with Crippen LogP contribution in [0.3, 0.4) is 0 Å². The molecule has 0 heterocycles. The van der Waals surface area contributed by atoms with Crippen LogP contribution in [0.15, 0.2) is 0 Å². The maximum Gasteiger partial charge on any atom is 2.00 e. The van der Waals surface area contributed by atoms with E-state index in [4.69, 9.17) is 0 Å². The van der Waals surface area contributed by atoms with E-state index in [1.165, 1.54) is 0 Å². The Morgan fingerprint density at radius 1 is 0.353 bits per heavy atom. The van der Waals surface area contributed by atoms with Gasteiger partial charge in [-0.1, -0.05) is 0 Å². The summed E-state index contributed by atoms with van der Waals surface area (Å²) in [4.78, 5) is 0. The second kappa shape index (κ2) is 12.3. The summed E-state index contributed by atoms with van der Waals surface area (Å²) in [5.74, 6) is 0. The van der Waals surface area contributed by atoms with Crippen LogP contribution in [0.25, 0.3) is 0 Å². The van der Waals surface area contributed by atoms with Crippen molar-refractivity contribution in [2.24, 2.45) is 0 Å². The molecule has 17 heteroatoms. The largest absolute Gasteiger partial charge is 2.00 e. The third-order valence-electron chi connectivity index (χ3n) is 0. The van der Waals surface area contributed by atoms with Gasteiger partial charge in [-0.25, -0.2) is 0 Å². The molecule has 0 saturated carbocycles. The SMILES string of the molecule is F[B-](F)(F)F.F[B-](F)(F)F.F[B-](F)(F)F.[Ca+2].[Li+]. The first kappa shape index (κ1) is 30.9. The smallest absolute Gasteiger partial charge is 0.418 e. The van der Waals surface area contributed by atoms with Crippen LogP contribution in [0.5, 0.6) is 0 Å². The van der Waals surface area contributed by atoms with Gasteiger partial charge in [0, 0.05) is 0 Å². The fraction of sp³-hybridized carbons (Fsp3) is 0. The maximum absolute atomic E-state index is 9.75. The van der Waals surface area contributed by atoms with Gasteiger partial charge in [-0.3, -0.25) is 0 Å². The Hall–Kier alpha value is 1.21. The molecule has 0 aliphatic rings. The van der Waals surface area contributed by atoms with Crippen LogP contribution < -0.4 is 18.9 Å². The molecular weight excluding hydrogens is 307 g/mol. The van der Waals surface area contributed by atoms with Crippen molar-refractivity contribution in [2.75, 3.05) is 0 Å². The summed E-state index contributed by atoms with van der Waals surface area (Å²) in [6, 6.07) is 0. The minimum absolute atomic E-state index is 0. The van der Waals surface area contributed by atoms with Crippen LogP contribution in [-0.4, -0.2) is 59.5 Å². The van der Waals surface area contributed by atoms with Crippen LogP contribution >= 0.6 is 0 Å². The molecule has 0 aromatic heterocycles. The first-order chi connectivity index (χ1) is 6.00. The molecule has 0 spiro atoms. The van der Waals surface area contributed by atoms with Crippen LogP contribution in [0, 0.1) is 0 Å². The molecule has 96 valence electrons. The Kier molecular flexibility index (Phi) is 22.3. The Labute approximate surface area is 129 Å². The molecule has 0 aromatic carbocycles. The molecule has 0 aromatic rings. The third-order valence-corrected chi connectivity index (χ3v) is 0.